The van der Waals surface area contributed by atoms with Gasteiger partial charge in [0, 0.05) is 12.1 Å². The Labute approximate surface area is 95.2 Å². The van der Waals surface area contributed by atoms with Gasteiger partial charge in [0.25, 0.3) is 0 Å². The van der Waals surface area contributed by atoms with Crippen LogP contribution in [-0.4, -0.2) is 5.91 Å². The average Bonchev–Trinajstić information content (AvgIpc) is 2.21. The molecular weight excluding hydrogens is 205 g/mol. The molecule has 1 amide bonds. The van der Waals surface area contributed by atoms with Gasteiger partial charge in [-0.2, -0.15) is 0 Å². The molecule has 0 fully saturated rings. The van der Waals surface area contributed by atoms with Crippen LogP contribution in [0.2, 0.25) is 0 Å². The number of amides is 1. The van der Waals surface area contributed by atoms with E-state index in [0.717, 1.165) is 11.1 Å². The van der Waals surface area contributed by atoms with Gasteiger partial charge < -0.3 is 5.32 Å². The van der Waals surface area contributed by atoms with E-state index in [9.17, 15) is 9.18 Å². The van der Waals surface area contributed by atoms with Crippen LogP contribution >= 0.6 is 0 Å². The standard InChI is InChI=1S/C13H16FNO/c1-4-13(16)15-12-8-11(14)6-5-10(12)7-9(2)3/h5-6,8H,2,4,7H2,1,3H3,(H,15,16). The van der Waals surface area contributed by atoms with Crippen LogP contribution in [0.5, 0.6) is 0 Å². The quantitative estimate of drug-likeness (QED) is 0.776. The molecule has 0 aromatic heterocycles. The van der Waals surface area contributed by atoms with Gasteiger partial charge in [-0.1, -0.05) is 25.1 Å². The molecule has 0 radical (unpaired) electrons. The third kappa shape index (κ3) is 3.50. The molecule has 16 heavy (non-hydrogen) atoms. The van der Waals surface area contributed by atoms with E-state index in [1.54, 1.807) is 13.0 Å². The number of hydrogen-bond donors (Lipinski definition) is 1. The van der Waals surface area contributed by atoms with Gasteiger partial charge in [-0.05, 0) is 31.0 Å². The Morgan fingerprint density at radius 2 is 2.19 bits per heavy atom. The van der Waals surface area contributed by atoms with Gasteiger partial charge in [0.2, 0.25) is 5.91 Å². The number of allylic oxidation sites excluding steroid dienone is 1. The number of rotatable bonds is 4. The molecule has 3 heteroatoms. The van der Waals surface area contributed by atoms with Gasteiger partial charge in [-0.3, -0.25) is 4.79 Å². The Kier molecular flexibility index (Phi) is 4.23. The highest BCUT2D eigenvalue weighted by atomic mass is 19.1. The Hall–Kier alpha value is -1.64. The maximum Gasteiger partial charge on any atom is 0.224 e. The number of benzene rings is 1. The Balaban J connectivity index is 2.98. The zero-order valence-corrected chi connectivity index (χ0v) is 9.64. The van der Waals surface area contributed by atoms with Crippen molar-refractivity contribution in [2.24, 2.45) is 0 Å². The molecule has 0 heterocycles. The van der Waals surface area contributed by atoms with E-state index in [-0.39, 0.29) is 11.7 Å². The second-order valence-electron chi connectivity index (χ2n) is 3.84. The normalized spacial score (nSPS) is 9.94. The largest absolute Gasteiger partial charge is 0.326 e. The molecule has 0 bridgehead atoms. The lowest BCUT2D eigenvalue weighted by molar-refractivity contribution is -0.115. The fourth-order valence-corrected chi connectivity index (χ4v) is 1.38. The lowest BCUT2D eigenvalue weighted by Gasteiger charge is -2.10. The highest BCUT2D eigenvalue weighted by Gasteiger charge is 2.07. The van der Waals surface area contributed by atoms with Gasteiger partial charge in [0.1, 0.15) is 5.82 Å². The second kappa shape index (κ2) is 5.45. The minimum atomic E-state index is -0.350. The van der Waals surface area contributed by atoms with Crippen molar-refractivity contribution in [1.82, 2.24) is 0 Å². The predicted molar refractivity (Wildman–Crippen MR) is 63.8 cm³/mol. The van der Waals surface area contributed by atoms with E-state index in [0.29, 0.717) is 18.5 Å². The summed E-state index contributed by atoms with van der Waals surface area (Å²) in [7, 11) is 0. The van der Waals surface area contributed by atoms with Crippen LogP contribution in [0.25, 0.3) is 0 Å². The summed E-state index contributed by atoms with van der Waals surface area (Å²) in [6, 6.07) is 4.40. The van der Waals surface area contributed by atoms with E-state index in [4.69, 9.17) is 0 Å². The van der Waals surface area contributed by atoms with Crippen molar-refractivity contribution >= 4 is 11.6 Å². The lowest BCUT2D eigenvalue weighted by Crippen LogP contribution is -2.11. The first kappa shape index (κ1) is 12.4. The third-order valence-corrected chi connectivity index (χ3v) is 2.16. The third-order valence-electron chi connectivity index (χ3n) is 2.16. The molecule has 2 nitrogen and oxygen atoms in total. The number of nitrogens with one attached hydrogen (secondary N) is 1. The van der Waals surface area contributed by atoms with E-state index in [1.165, 1.54) is 12.1 Å². The zero-order chi connectivity index (χ0) is 12.1. The summed E-state index contributed by atoms with van der Waals surface area (Å²) in [5.74, 6) is -0.467. The fraction of sp³-hybridized carbons (Fsp3) is 0.308. The summed E-state index contributed by atoms with van der Waals surface area (Å²) in [6.45, 7) is 7.46. The SMILES string of the molecule is C=C(C)Cc1ccc(F)cc1NC(=O)CC. The number of carbonyl (C=O) groups excluding carboxylic acids is 1. The van der Waals surface area contributed by atoms with Crippen molar-refractivity contribution in [2.45, 2.75) is 26.7 Å². The molecule has 0 aliphatic heterocycles. The zero-order valence-electron chi connectivity index (χ0n) is 9.64. The molecule has 1 rings (SSSR count). The van der Waals surface area contributed by atoms with Crippen molar-refractivity contribution in [1.29, 1.82) is 0 Å². The predicted octanol–water partition coefficient (Wildman–Crippen LogP) is 3.29. The first-order valence-electron chi connectivity index (χ1n) is 5.25. The van der Waals surface area contributed by atoms with Gasteiger partial charge in [-0.15, -0.1) is 0 Å². The minimum absolute atomic E-state index is 0.117. The number of anilines is 1. The molecule has 0 saturated carbocycles. The number of carbonyl (C=O) groups is 1. The Morgan fingerprint density at radius 3 is 2.75 bits per heavy atom. The van der Waals surface area contributed by atoms with Gasteiger partial charge in [-0.25, -0.2) is 4.39 Å². The van der Waals surface area contributed by atoms with Gasteiger partial charge >= 0.3 is 0 Å². The second-order valence-corrected chi connectivity index (χ2v) is 3.84. The first-order valence-corrected chi connectivity index (χ1v) is 5.25. The van der Waals surface area contributed by atoms with Crippen molar-refractivity contribution in [3.05, 3.63) is 41.7 Å². The lowest BCUT2D eigenvalue weighted by atomic mass is 10.1. The highest BCUT2D eigenvalue weighted by Crippen LogP contribution is 2.20. The van der Waals surface area contributed by atoms with Gasteiger partial charge in [0.05, 0.1) is 0 Å². The first-order chi connectivity index (χ1) is 7.52. The smallest absolute Gasteiger partial charge is 0.224 e. The van der Waals surface area contributed by atoms with Crippen molar-refractivity contribution in [2.75, 3.05) is 5.32 Å². The molecule has 0 aliphatic carbocycles. The van der Waals surface area contributed by atoms with E-state index in [2.05, 4.69) is 11.9 Å². The topological polar surface area (TPSA) is 29.1 Å². The van der Waals surface area contributed by atoms with Crippen molar-refractivity contribution in [3.63, 3.8) is 0 Å². The monoisotopic (exact) mass is 221 g/mol. The van der Waals surface area contributed by atoms with Crippen LogP contribution < -0.4 is 5.32 Å². The van der Waals surface area contributed by atoms with Crippen LogP contribution in [0.15, 0.2) is 30.4 Å². The molecule has 0 unspecified atom stereocenters. The maximum absolute atomic E-state index is 13.1. The molecule has 86 valence electrons. The van der Waals surface area contributed by atoms with Crippen molar-refractivity contribution in [3.8, 4) is 0 Å². The van der Waals surface area contributed by atoms with E-state index < -0.39 is 0 Å². The van der Waals surface area contributed by atoms with Crippen LogP contribution in [-0.2, 0) is 11.2 Å². The molecule has 0 atom stereocenters. The summed E-state index contributed by atoms with van der Waals surface area (Å²) in [5.41, 5.74) is 2.39. The molecule has 1 aromatic carbocycles. The number of hydrogen-bond acceptors (Lipinski definition) is 1. The minimum Gasteiger partial charge on any atom is -0.326 e. The Bertz CT molecular complexity index is 412. The Morgan fingerprint density at radius 1 is 1.50 bits per heavy atom. The van der Waals surface area contributed by atoms with Gasteiger partial charge in [0.15, 0.2) is 0 Å². The summed E-state index contributed by atoms with van der Waals surface area (Å²) in [5, 5.41) is 2.69. The molecule has 0 saturated heterocycles. The molecule has 0 spiro atoms. The summed E-state index contributed by atoms with van der Waals surface area (Å²) in [6.07, 6.45) is 1.02. The summed E-state index contributed by atoms with van der Waals surface area (Å²) >= 11 is 0. The summed E-state index contributed by atoms with van der Waals surface area (Å²) < 4.78 is 13.1. The molecular formula is C13H16FNO. The van der Waals surface area contributed by atoms with Crippen molar-refractivity contribution < 1.29 is 9.18 Å². The van der Waals surface area contributed by atoms with Crippen LogP contribution in [0, 0.1) is 5.82 Å². The van der Waals surface area contributed by atoms with E-state index in [1.807, 2.05) is 6.92 Å². The summed E-state index contributed by atoms with van der Waals surface area (Å²) in [4.78, 5) is 11.3. The molecule has 0 aliphatic rings. The fourth-order valence-electron chi connectivity index (χ4n) is 1.38. The molecule has 1 N–H and O–H groups in total. The average molecular weight is 221 g/mol. The maximum atomic E-state index is 13.1. The highest BCUT2D eigenvalue weighted by molar-refractivity contribution is 5.91. The van der Waals surface area contributed by atoms with E-state index >= 15 is 0 Å². The van der Waals surface area contributed by atoms with Crippen LogP contribution in [0.3, 0.4) is 0 Å². The number of halogens is 1. The van der Waals surface area contributed by atoms with Crippen LogP contribution in [0.1, 0.15) is 25.8 Å². The molecule has 1 aromatic rings. The van der Waals surface area contributed by atoms with Crippen LogP contribution in [0.4, 0.5) is 10.1 Å².